The van der Waals surface area contributed by atoms with E-state index in [-0.39, 0.29) is 98.6 Å². The minimum Gasteiger partial charge on any atom is -0.504 e. The number of rotatable bonds is 8. The van der Waals surface area contributed by atoms with E-state index in [0.29, 0.717) is 60.4 Å². The summed E-state index contributed by atoms with van der Waals surface area (Å²) in [6, 6.07) is 11.9. The summed E-state index contributed by atoms with van der Waals surface area (Å²) in [6.45, 7) is 19.1. The number of benzene rings is 4. The fourth-order valence-corrected chi connectivity index (χ4v) is 8.70. The fraction of sp³-hybridized carbons (Fsp3) is 0.311. The van der Waals surface area contributed by atoms with Crippen molar-refractivity contribution in [2.24, 2.45) is 0 Å². The second-order valence-electron chi connectivity index (χ2n) is 19.6. The molecular formula is C61H81BrN2O14S2Si3. The minimum absolute atomic E-state index is 0. The van der Waals surface area contributed by atoms with Gasteiger partial charge in [0.2, 0.25) is 0 Å². The number of hydrogen-bond donors (Lipinski definition) is 4. The van der Waals surface area contributed by atoms with Gasteiger partial charge in [-0.2, -0.15) is 0 Å². The number of thioether (sulfide) groups is 2. The molecule has 0 unspecified atom stereocenters. The number of terminal acetylenes is 2. The van der Waals surface area contributed by atoms with Crippen LogP contribution in [-0.2, 0) is 9.59 Å². The summed E-state index contributed by atoms with van der Waals surface area (Å²) in [5, 5.41) is 37.9. The maximum Gasteiger partial charge on any atom is 0.293 e. The van der Waals surface area contributed by atoms with Gasteiger partial charge >= 0.3 is 0 Å². The van der Waals surface area contributed by atoms with Gasteiger partial charge < -0.3 is 39.4 Å². The highest BCUT2D eigenvalue weighted by molar-refractivity contribution is 9.10. The summed E-state index contributed by atoms with van der Waals surface area (Å²) >= 11 is 4.85. The molecule has 450 valence electrons. The molecule has 4 N–H and O–H groups in total. The zero-order valence-corrected chi connectivity index (χ0v) is 52.8. The van der Waals surface area contributed by atoms with Gasteiger partial charge in [-0.05, 0) is 105 Å². The Labute approximate surface area is 513 Å². The lowest BCUT2D eigenvalue weighted by atomic mass is 10.1. The van der Waals surface area contributed by atoms with Crippen LogP contribution in [-0.4, -0.2) is 132 Å². The summed E-state index contributed by atoms with van der Waals surface area (Å²) < 4.78 is 20.4. The summed E-state index contributed by atoms with van der Waals surface area (Å²) in [7, 11) is 4.37. The van der Waals surface area contributed by atoms with Crippen LogP contribution in [0.15, 0.2) is 62.8 Å². The summed E-state index contributed by atoms with van der Waals surface area (Å²) in [5.41, 5.74) is 12.7. The molecule has 2 saturated heterocycles. The van der Waals surface area contributed by atoms with Crippen LogP contribution in [0, 0.1) is 47.2 Å². The lowest BCUT2D eigenvalue weighted by Gasteiger charge is -2.09. The molecule has 0 atom stereocenters. The summed E-state index contributed by atoms with van der Waals surface area (Å²) in [6.07, 6.45) is 15.0. The van der Waals surface area contributed by atoms with Crippen LogP contribution in [0.3, 0.4) is 0 Å². The summed E-state index contributed by atoms with van der Waals surface area (Å²) in [4.78, 5) is 71.1. The zero-order chi connectivity index (χ0) is 60.3. The molecule has 4 amide bonds. The molecule has 22 heteroatoms. The van der Waals surface area contributed by atoms with E-state index >= 15 is 0 Å². The predicted octanol–water partition coefficient (Wildman–Crippen LogP) is 14.0. The van der Waals surface area contributed by atoms with Crippen LogP contribution in [0.4, 0.5) is 9.59 Å². The van der Waals surface area contributed by atoms with Crippen LogP contribution in [0.25, 0.3) is 12.2 Å². The van der Waals surface area contributed by atoms with Crippen molar-refractivity contribution in [1.82, 2.24) is 9.80 Å². The molecule has 0 bridgehead atoms. The highest BCUT2D eigenvalue weighted by Gasteiger charge is 2.33. The van der Waals surface area contributed by atoms with E-state index in [1.807, 2.05) is 0 Å². The molecule has 0 aromatic heterocycles. The normalized spacial score (nSPS) is 13.0. The molecule has 2 fully saturated rings. The first-order valence-electron chi connectivity index (χ1n) is 23.4. The van der Waals surface area contributed by atoms with Gasteiger partial charge in [-0.1, -0.05) is 106 Å². The van der Waals surface area contributed by atoms with E-state index in [2.05, 4.69) is 109 Å². The van der Waals surface area contributed by atoms with Gasteiger partial charge in [0.25, 0.3) is 22.3 Å². The number of methoxy groups -OCH3 is 4. The predicted molar refractivity (Wildman–Crippen MR) is 354 cm³/mol. The van der Waals surface area contributed by atoms with Crippen LogP contribution < -0.4 is 18.9 Å². The largest absolute Gasteiger partial charge is 0.504 e. The Morgan fingerprint density at radius 2 is 0.795 bits per heavy atom. The Balaban J connectivity index is -0.000000492. The topological polar surface area (TPSA) is 227 Å². The number of amides is 4. The van der Waals surface area contributed by atoms with E-state index in [9.17, 15) is 49.2 Å². The Bertz CT molecular complexity index is 3300. The zero-order valence-electron chi connectivity index (χ0n) is 46.5. The highest BCUT2D eigenvalue weighted by Crippen LogP contribution is 2.37. The highest BCUT2D eigenvalue weighted by atomic mass is 79.9. The molecule has 0 radical (unpaired) electrons. The molecule has 2 aliphatic rings. The molecule has 2 heterocycles. The van der Waals surface area contributed by atoms with Crippen molar-refractivity contribution in [1.29, 1.82) is 0 Å². The van der Waals surface area contributed by atoms with Crippen molar-refractivity contribution in [3.05, 3.63) is 102 Å². The minimum atomic E-state index is -1.61. The number of carbonyl (C=O) groups is 6. The standard InChI is InChI=1S/C17H19NO4SSi.C14H11NO4S.C13H16O3Si.C8H7BrO3.C5H10Si.4CH4.H2/c1-18-16(20)15(23-17(18)21)10-12-9-14(22-2)13(19)8-11(12)6-7-24(3,4)5;1-4-8-5-10(16)11(19-3)6-9(8)7-12-13(17)15(2)14(18)20-12;1-16-13-8-11(9-14)10(7-12(13)15)5-6-17(2,3)4;1-12-8-2-5(4-10)6(9)3-7(8)11;1-5-6(2,3)4;;;;;/h8-10,19H,1-5H3;1,5-7,16H,2-3H3;7-9,15H,1-4H3;2-4,11H,1H3;1H,2-4H3;4*1H4;1H/b15-10-;12-7-;;;;;;;;/i;;;;;;;;;1+1. The Morgan fingerprint density at radius 3 is 1.07 bits per heavy atom. The van der Waals surface area contributed by atoms with E-state index in [0.717, 1.165) is 39.6 Å². The second kappa shape index (κ2) is 35.4. The van der Waals surface area contributed by atoms with Crippen LogP contribution >= 0.6 is 39.5 Å². The number of phenols is 4. The monoisotopic (exact) mass is 1290 g/mol. The molecule has 4 aromatic carbocycles. The molecule has 0 spiro atoms. The molecule has 2 aliphatic heterocycles. The molecular weight excluding hydrogens is 1210 g/mol. The molecule has 83 heavy (non-hydrogen) atoms. The average molecular weight is 1300 g/mol. The second-order valence-corrected chi connectivity index (χ2v) is 36.8. The number of nitrogens with zero attached hydrogens (tertiary/aromatic N) is 2. The third-order valence-corrected chi connectivity index (χ3v) is 15.1. The lowest BCUT2D eigenvalue weighted by molar-refractivity contribution is -0.122. The van der Waals surface area contributed by atoms with Gasteiger partial charge in [-0.15, -0.1) is 29.5 Å². The first-order valence-corrected chi connectivity index (χ1v) is 36.3. The molecule has 0 aliphatic carbocycles. The van der Waals surface area contributed by atoms with Crippen molar-refractivity contribution < 1.29 is 69.6 Å². The van der Waals surface area contributed by atoms with Crippen LogP contribution in [0.2, 0.25) is 58.9 Å². The molecule has 6 rings (SSSR count). The van der Waals surface area contributed by atoms with Crippen molar-refractivity contribution in [3.8, 4) is 93.2 Å². The molecule has 16 nitrogen and oxygen atoms in total. The Hall–Kier alpha value is -7.55. The maximum absolute atomic E-state index is 12.1. The van der Waals surface area contributed by atoms with Crippen molar-refractivity contribution >= 4 is 111 Å². The number of hydrogen-bond acceptors (Lipinski definition) is 16. The summed E-state index contributed by atoms with van der Waals surface area (Å²) in [5.74, 6) is 8.76. The number of ether oxygens (including phenoxy) is 4. The Morgan fingerprint density at radius 1 is 0.506 bits per heavy atom. The number of halogens is 1. The van der Waals surface area contributed by atoms with E-state index < -0.39 is 24.2 Å². The van der Waals surface area contributed by atoms with Crippen molar-refractivity contribution in [2.75, 3.05) is 42.5 Å². The number of likely N-dealkylation sites (N-methyl/N-ethyl adjacent to an activating group) is 2. The van der Waals surface area contributed by atoms with Gasteiger partial charge in [-0.25, -0.2) is 0 Å². The van der Waals surface area contributed by atoms with Crippen molar-refractivity contribution in [3.63, 3.8) is 0 Å². The first-order chi connectivity index (χ1) is 36.7. The van der Waals surface area contributed by atoms with Crippen LogP contribution in [0.5, 0.6) is 46.0 Å². The van der Waals surface area contributed by atoms with Gasteiger partial charge in [-0.3, -0.25) is 38.6 Å². The number of imide groups is 2. The third-order valence-electron chi connectivity index (χ3n) is 9.88. The number of phenolic OH excluding ortho intramolecular Hbond substituents is 4. The number of carbonyl (C=O) groups excluding carboxylic acids is 6. The maximum atomic E-state index is 12.1. The molecule has 0 saturated carbocycles. The third kappa shape index (κ3) is 24.8. The van der Waals surface area contributed by atoms with Crippen molar-refractivity contribution in [2.45, 2.75) is 88.6 Å². The van der Waals surface area contributed by atoms with Crippen LogP contribution in [0.1, 0.15) is 79.7 Å². The Kier molecular flexibility index (Phi) is 34.0. The quantitative estimate of drug-likeness (QED) is 0.0557. The van der Waals surface area contributed by atoms with E-state index in [1.54, 1.807) is 12.1 Å². The fourth-order valence-electron chi connectivity index (χ4n) is 5.62. The lowest BCUT2D eigenvalue weighted by Crippen LogP contribution is -2.22. The average Bonchev–Trinajstić information content (AvgIpc) is 3.89. The molecule has 4 aromatic rings. The van der Waals surface area contributed by atoms with E-state index in [4.69, 9.17) is 31.8 Å². The number of aldehydes is 2. The van der Waals surface area contributed by atoms with E-state index in [1.165, 1.54) is 91.1 Å². The number of aromatic hydroxyl groups is 4. The van der Waals surface area contributed by atoms with Gasteiger partial charge in [0.05, 0.1) is 38.2 Å². The van der Waals surface area contributed by atoms with Gasteiger partial charge in [0.15, 0.2) is 58.6 Å². The van der Waals surface area contributed by atoms with Gasteiger partial charge in [0, 0.05) is 53.9 Å². The van der Waals surface area contributed by atoms with Gasteiger partial charge in [0.1, 0.15) is 24.2 Å². The SMILES string of the molecule is C.C.C.C.C#C[Si](C)(C)C.C#Cc1cc(O)c(OC)cc1/C=C1\SC(=O)N(C)C1=O.COc1cc(/C=C2\SC(=O)N(C)C2=O)c(C#C[Si](C)(C)C)cc1O.COc1cc(C=O)c(Br)cc1O.COc1cc(C=O)c(C#C[Si](C)(C)C)cc1O.[2HH]. The first kappa shape index (κ1) is 79.7. The smallest absolute Gasteiger partial charge is 0.293 e.